The van der Waals surface area contributed by atoms with Crippen LogP contribution in [0.15, 0.2) is 42.0 Å². The van der Waals surface area contributed by atoms with Gasteiger partial charge >= 0.3 is 0 Å². The first-order chi connectivity index (χ1) is 16.2. The number of fused-ring (bicyclic) bond motifs is 4. The Morgan fingerprint density at radius 1 is 1.30 bits per heavy atom. The van der Waals surface area contributed by atoms with Crippen LogP contribution in [0.1, 0.15) is 40.1 Å². The predicted molar refractivity (Wildman–Crippen MR) is 130 cm³/mol. The Kier molecular flexibility index (Phi) is 5.02. The number of carbonyl (C=O) groups is 1. The minimum absolute atomic E-state index is 0.0826. The molecule has 1 atom stereocenters. The number of aryl methyl sites for hydroxylation is 3. The molecule has 3 aromatic heterocycles. The fourth-order valence-corrected chi connectivity index (χ4v) is 6.14. The van der Waals surface area contributed by atoms with E-state index >= 15 is 0 Å². The van der Waals surface area contributed by atoms with E-state index in [4.69, 9.17) is 0 Å². The van der Waals surface area contributed by atoms with Crippen LogP contribution in [0.25, 0.3) is 10.2 Å². The molecule has 4 aromatic rings. The van der Waals surface area contributed by atoms with Crippen LogP contribution in [0, 0.1) is 5.92 Å². The minimum Gasteiger partial charge on any atom is -0.340 e. The molecule has 2 aliphatic rings. The lowest BCUT2D eigenvalue weighted by atomic mass is 9.84. The molecule has 8 heteroatoms. The molecule has 0 saturated carbocycles. The maximum Gasteiger partial charge on any atom is 0.142 e. The van der Waals surface area contributed by atoms with Crippen LogP contribution in [0.3, 0.4) is 0 Å². The topological polar surface area (TPSA) is 85.1 Å². The van der Waals surface area contributed by atoms with Gasteiger partial charge in [-0.25, -0.2) is 15.0 Å². The normalized spacial score (nSPS) is 16.7. The van der Waals surface area contributed by atoms with E-state index in [9.17, 15) is 4.79 Å². The number of hydrogen-bond acceptors (Lipinski definition) is 7. The molecule has 1 aromatic carbocycles. The number of nitrogens with one attached hydrogen (secondary N) is 1. The van der Waals surface area contributed by atoms with E-state index in [1.54, 1.807) is 24.0 Å². The number of nitrogens with zero attached hydrogens (tertiary/aromatic N) is 5. The number of aromatic nitrogens is 4. The van der Waals surface area contributed by atoms with Crippen molar-refractivity contribution in [3.63, 3.8) is 0 Å². The van der Waals surface area contributed by atoms with Crippen molar-refractivity contribution in [1.82, 2.24) is 19.5 Å². The van der Waals surface area contributed by atoms with E-state index in [-0.39, 0.29) is 5.92 Å². The minimum atomic E-state index is 0.0826. The van der Waals surface area contributed by atoms with Crippen LogP contribution in [0.5, 0.6) is 0 Å². The quantitative estimate of drug-likeness (QED) is 0.465. The van der Waals surface area contributed by atoms with Crippen molar-refractivity contribution in [2.45, 2.75) is 38.6 Å². The Morgan fingerprint density at radius 3 is 3.12 bits per heavy atom. The number of aliphatic imine (C=N–C) groups is 1. The molecule has 7 nitrogen and oxygen atoms in total. The summed E-state index contributed by atoms with van der Waals surface area (Å²) in [4.78, 5) is 32.8. The SMILES string of the molecule is Cn1cncc1CCC(=O)C1CCc2c(sc3ncnc(Nc4ccc5c(c4)C=NC5)c23)C1. The van der Waals surface area contributed by atoms with Gasteiger partial charge in [0.05, 0.1) is 18.3 Å². The maximum atomic E-state index is 13.0. The van der Waals surface area contributed by atoms with Crippen molar-refractivity contribution < 1.29 is 4.79 Å². The first-order valence-corrected chi connectivity index (χ1v) is 12.1. The molecule has 1 N–H and O–H groups in total. The summed E-state index contributed by atoms with van der Waals surface area (Å²) in [6.45, 7) is 0.757. The van der Waals surface area contributed by atoms with E-state index in [2.05, 4.69) is 43.5 Å². The van der Waals surface area contributed by atoms with Gasteiger partial charge in [0.25, 0.3) is 0 Å². The molecule has 0 bridgehead atoms. The molecule has 1 aliphatic carbocycles. The fraction of sp³-hybridized carbons (Fsp3) is 0.320. The maximum absolute atomic E-state index is 13.0. The van der Waals surface area contributed by atoms with Crippen molar-refractivity contribution in [3.05, 3.63) is 64.3 Å². The van der Waals surface area contributed by atoms with Gasteiger partial charge in [0.15, 0.2) is 0 Å². The van der Waals surface area contributed by atoms with Crippen LogP contribution >= 0.6 is 11.3 Å². The largest absolute Gasteiger partial charge is 0.340 e. The number of thiophene rings is 1. The second-order valence-electron chi connectivity index (χ2n) is 8.82. The average Bonchev–Trinajstić information content (AvgIpc) is 3.55. The molecule has 1 unspecified atom stereocenters. The predicted octanol–water partition coefficient (Wildman–Crippen LogP) is 4.41. The fourth-order valence-electron chi connectivity index (χ4n) is 4.88. The van der Waals surface area contributed by atoms with Crippen LogP contribution in [0.4, 0.5) is 11.5 Å². The highest BCUT2D eigenvalue weighted by Crippen LogP contribution is 2.41. The first-order valence-electron chi connectivity index (χ1n) is 11.3. The molecule has 0 saturated heterocycles. The van der Waals surface area contributed by atoms with Gasteiger partial charge in [-0.3, -0.25) is 9.79 Å². The second kappa shape index (κ2) is 8.19. The van der Waals surface area contributed by atoms with Crippen molar-refractivity contribution in [2.24, 2.45) is 18.0 Å². The summed E-state index contributed by atoms with van der Waals surface area (Å²) in [6.07, 6.45) is 11.1. The van der Waals surface area contributed by atoms with Gasteiger partial charge in [0.2, 0.25) is 0 Å². The Balaban J connectivity index is 1.23. The van der Waals surface area contributed by atoms with Gasteiger partial charge < -0.3 is 9.88 Å². The molecule has 33 heavy (non-hydrogen) atoms. The second-order valence-corrected chi connectivity index (χ2v) is 9.90. The third-order valence-corrected chi connectivity index (χ3v) is 7.91. The highest BCUT2D eigenvalue weighted by Gasteiger charge is 2.29. The number of carbonyl (C=O) groups excluding carboxylic acids is 1. The number of Topliss-reactive ketones (excluding diaryl/α,β-unsaturated/α-hetero) is 1. The Bertz CT molecular complexity index is 1400. The molecule has 0 spiro atoms. The molecule has 0 amide bonds. The van der Waals surface area contributed by atoms with Gasteiger partial charge in [0.1, 0.15) is 22.8 Å². The third-order valence-electron chi connectivity index (χ3n) is 6.75. The van der Waals surface area contributed by atoms with Crippen LogP contribution in [-0.4, -0.2) is 31.5 Å². The lowest BCUT2D eigenvalue weighted by molar-refractivity contribution is -0.123. The van der Waals surface area contributed by atoms with Crippen LogP contribution < -0.4 is 5.32 Å². The standard InChI is InChI=1S/C25H24N6OS/c1-31-14-27-12-19(31)5-7-21(32)15-3-6-20-22(9-15)33-25-23(20)24(28-13-29-25)30-18-4-2-16-10-26-11-17(16)8-18/h2,4,8,11-15H,3,5-7,9-10H2,1H3,(H,28,29,30). The van der Waals surface area contributed by atoms with Gasteiger partial charge in [-0.1, -0.05) is 6.07 Å². The van der Waals surface area contributed by atoms with Crippen molar-refractivity contribution in [1.29, 1.82) is 0 Å². The summed E-state index contributed by atoms with van der Waals surface area (Å²) in [7, 11) is 1.97. The van der Waals surface area contributed by atoms with E-state index in [1.165, 1.54) is 16.0 Å². The van der Waals surface area contributed by atoms with Crippen LogP contribution in [0.2, 0.25) is 0 Å². The molecule has 4 heterocycles. The van der Waals surface area contributed by atoms with E-state index in [0.717, 1.165) is 65.2 Å². The van der Waals surface area contributed by atoms with E-state index in [0.29, 0.717) is 12.2 Å². The molecular formula is C25H24N6OS. The number of anilines is 2. The number of hydrogen-bond donors (Lipinski definition) is 1. The van der Waals surface area contributed by atoms with Crippen molar-refractivity contribution >= 4 is 45.1 Å². The number of benzene rings is 1. The van der Waals surface area contributed by atoms with Gasteiger partial charge in [-0.15, -0.1) is 11.3 Å². The highest BCUT2D eigenvalue weighted by molar-refractivity contribution is 7.19. The Morgan fingerprint density at radius 2 is 2.24 bits per heavy atom. The lowest BCUT2D eigenvalue weighted by Gasteiger charge is -2.21. The molecule has 166 valence electrons. The highest BCUT2D eigenvalue weighted by atomic mass is 32.1. The number of ketones is 1. The van der Waals surface area contributed by atoms with Crippen molar-refractivity contribution in [3.8, 4) is 0 Å². The average molecular weight is 457 g/mol. The Hall–Kier alpha value is -3.39. The molecule has 1 aliphatic heterocycles. The van der Waals surface area contributed by atoms with E-state index < -0.39 is 0 Å². The lowest BCUT2D eigenvalue weighted by Crippen LogP contribution is -2.22. The number of imidazole rings is 1. The summed E-state index contributed by atoms with van der Waals surface area (Å²) in [5, 5.41) is 4.61. The van der Waals surface area contributed by atoms with Gasteiger partial charge in [0, 0.05) is 48.1 Å². The summed E-state index contributed by atoms with van der Waals surface area (Å²) in [5.74, 6) is 1.27. The summed E-state index contributed by atoms with van der Waals surface area (Å²) >= 11 is 1.71. The summed E-state index contributed by atoms with van der Waals surface area (Å²) in [6, 6.07) is 6.32. The van der Waals surface area contributed by atoms with Crippen LogP contribution in [-0.2, 0) is 37.6 Å². The Labute approximate surface area is 195 Å². The van der Waals surface area contributed by atoms with Gasteiger partial charge in [-0.2, -0.15) is 0 Å². The summed E-state index contributed by atoms with van der Waals surface area (Å²) in [5.41, 5.74) is 5.81. The molecule has 0 fully saturated rings. The molecule has 6 rings (SSSR count). The zero-order valence-corrected chi connectivity index (χ0v) is 19.2. The summed E-state index contributed by atoms with van der Waals surface area (Å²) < 4.78 is 1.99. The number of rotatable bonds is 6. The third kappa shape index (κ3) is 3.74. The van der Waals surface area contributed by atoms with E-state index in [1.807, 2.05) is 24.0 Å². The monoisotopic (exact) mass is 456 g/mol. The van der Waals surface area contributed by atoms with Crippen molar-refractivity contribution in [2.75, 3.05) is 5.32 Å². The zero-order valence-electron chi connectivity index (χ0n) is 18.4. The van der Waals surface area contributed by atoms with Gasteiger partial charge in [-0.05, 0) is 54.5 Å². The zero-order chi connectivity index (χ0) is 22.4. The smallest absolute Gasteiger partial charge is 0.142 e. The molecule has 0 radical (unpaired) electrons. The first kappa shape index (κ1) is 20.2. The molecular weight excluding hydrogens is 432 g/mol.